The lowest BCUT2D eigenvalue weighted by Gasteiger charge is -2.16. The van der Waals surface area contributed by atoms with E-state index in [0.717, 1.165) is 16.8 Å². The number of ether oxygens (including phenoxy) is 1. The SMILES string of the molecule is CCOc1nc(Br)c(CNC(=O)[C@@H](S)CC(C)C)n1Cc1ccc(-c2ccccc2C(=O)O)cc1. The second-order valence-electron chi connectivity index (χ2n) is 8.56. The number of carboxylic acids is 1. The summed E-state index contributed by atoms with van der Waals surface area (Å²) in [6, 6.07) is 15.1. The molecule has 0 saturated heterocycles. The predicted molar refractivity (Wildman–Crippen MR) is 143 cm³/mol. The van der Waals surface area contributed by atoms with E-state index in [9.17, 15) is 14.7 Å². The van der Waals surface area contributed by atoms with Gasteiger partial charge in [-0.2, -0.15) is 17.6 Å². The van der Waals surface area contributed by atoms with Crippen LogP contribution in [0, 0.1) is 5.92 Å². The number of amides is 1. The molecule has 1 heterocycles. The zero-order valence-corrected chi connectivity index (χ0v) is 22.5. The summed E-state index contributed by atoms with van der Waals surface area (Å²) in [6.07, 6.45) is 0.691. The smallest absolute Gasteiger partial charge is 0.336 e. The van der Waals surface area contributed by atoms with Gasteiger partial charge >= 0.3 is 5.97 Å². The molecular weight excluding hydrogens is 530 g/mol. The van der Waals surface area contributed by atoms with Crippen molar-refractivity contribution in [3.05, 3.63) is 70.0 Å². The van der Waals surface area contributed by atoms with Gasteiger partial charge in [0.25, 0.3) is 6.01 Å². The summed E-state index contributed by atoms with van der Waals surface area (Å²) < 4.78 is 8.27. The van der Waals surface area contributed by atoms with Gasteiger partial charge in [0.2, 0.25) is 5.91 Å². The normalized spacial score (nSPS) is 11.9. The van der Waals surface area contributed by atoms with Crippen LogP contribution in [0.25, 0.3) is 11.1 Å². The number of aromatic carboxylic acids is 1. The number of aromatic nitrogens is 2. The molecule has 186 valence electrons. The lowest BCUT2D eigenvalue weighted by atomic mass is 9.99. The molecule has 35 heavy (non-hydrogen) atoms. The topological polar surface area (TPSA) is 93.5 Å². The Kier molecular flexibility index (Phi) is 9.40. The highest BCUT2D eigenvalue weighted by atomic mass is 79.9. The summed E-state index contributed by atoms with van der Waals surface area (Å²) >= 11 is 7.94. The highest BCUT2D eigenvalue weighted by molar-refractivity contribution is 9.10. The first kappa shape index (κ1) is 26.8. The average molecular weight is 561 g/mol. The van der Waals surface area contributed by atoms with Crippen LogP contribution in [0.2, 0.25) is 0 Å². The van der Waals surface area contributed by atoms with Gasteiger partial charge in [-0.25, -0.2) is 4.79 Å². The lowest BCUT2D eigenvalue weighted by Crippen LogP contribution is -2.32. The van der Waals surface area contributed by atoms with Gasteiger partial charge in [0.1, 0.15) is 4.60 Å². The predicted octanol–water partition coefficient (Wildman–Crippen LogP) is 5.42. The van der Waals surface area contributed by atoms with Crippen LogP contribution in [-0.2, 0) is 17.9 Å². The Morgan fingerprint density at radius 1 is 1.17 bits per heavy atom. The number of hydrogen-bond donors (Lipinski definition) is 3. The minimum absolute atomic E-state index is 0.124. The number of carbonyl (C=O) groups excluding carboxylic acids is 1. The average Bonchev–Trinajstić information content (AvgIpc) is 3.11. The van der Waals surface area contributed by atoms with E-state index in [-0.39, 0.29) is 23.3 Å². The third kappa shape index (κ3) is 6.89. The molecule has 0 aliphatic carbocycles. The van der Waals surface area contributed by atoms with Gasteiger partial charge < -0.3 is 15.2 Å². The molecule has 7 nitrogen and oxygen atoms in total. The number of carbonyl (C=O) groups is 2. The van der Waals surface area contributed by atoms with E-state index in [4.69, 9.17) is 4.74 Å². The molecule has 0 saturated carbocycles. The Balaban J connectivity index is 1.83. The van der Waals surface area contributed by atoms with Crippen molar-refractivity contribution >= 4 is 40.4 Å². The largest absolute Gasteiger partial charge is 0.478 e. The van der Waals surface area contributed by atoms with Gasteiger partial charge in [0.15, 0.2) is 0 Å². The summed E-state index contributed by atoms with van der Waals surface area (Å²) in [4.78, 5) is 28.6. The van der Waals surface area contributed by atoms with Crippen LogP contribution in [0.5, 0.6) is 6.01 Å². The fourth-order valence-corrected chi connectivity index (χ4v) is 4.76. The minimum Gasteiger partial charge on any atom is -0.478 e. The van der Waals surface area contributed by atoms with Crippen molar-refractivity contribution < 1.29 is 19.4 Å². The zero-order chi connectivity index (χ0) is 25.5. The molecule has 1 atom stereocenters. The van der Waals surface area contributed by atoms with Crippen LogP contribution in [0.15, 0.2) is 53.1 Å². The van der Waals surface area contributed by atoms with E-state index < -0.39 is 5.97 Å². The van der Waals surface area contributed by atoms with Crippen molar-refractivity contribution in [3.63, 3.8) is 0 Å². The van der Waals surface area contributed by atoms with Crippen LogP contribution in [0.3, 0.4) is 0 Å². The van der Waals surface area contributed by atoms with Crippen LogP contribution >= 0.6 is 28.6 Å². The van der Waals surface area contributed by atoms with Gasteiger partial charge in [-0.15, -0.1) is 0 Å². The number of hydrogen-bond acceptors (Lipinski definition) is 5. The van der Waals surface area contributed by atoms with E-state index in [1.165, 1.54) is 0 Å². The number of nitrogens with one attached hydrogen (secondary N) is 1. The fraction of sp³-hybridized carbons (Fsp3) is 0.346. The van der Waals surface area contributed by atoms with Crippen LogP contribution in [-0.4, -0.2) is 38.4 Å². The molecule has 1 aromatic heterocycles. The number of thiol groups is 1. The Hall–Kier alpha value is -2.78. The fourth-order valence-electron chi connectivity index (χ4n) is 3.74. The Bertz CT molecular complexity index is 1180. The molecule has 0 fully saturated rings. The summed E-state index contributed by atoms with van der Waals surface area (Å²) in [6.45, 7) is 7.20. The van der Waals surface area contributed by atoms with Crippen molar-refractivity contribution in [2.75, 3.05) is 6.61 Å². The van der Waals surface area contributed by atoms with Crippen LogP contribution < -0.4 is 10.1 Å². The van der Waals surface area contributed by atoms with Gasteiger partial charge in [0, 0.05) is 0 Å². The summed E-state index contributed by atoms with van der Waals surface area (Å²) in [5, 5.41) is 12.1. The second-order valence-corrected chi connectivity index (χ2v) is 9.94. The first-order valence-corrected chi connectivity index (χ1v) is 12.8. The van der Waals surface area contributed by atoms with Gasteiger partial charge in [0.05, 0.1) is 36.2 Å². The van der Waals surface area contributed by atoms with Crippen molar-refractivity contribution in [2.45, 2.75) is 45.5 Å². The Morgan fingerprint density at radius 2 is 1.86 bits per heavy atom. The van der Waals surface area contributed by atoms with Crippen LogP contribution in [0.1, 0.15) is 48.8 Å². The maximum Gasteiger partial charge on any atom is 0.336 e. The van der Waals surface area contributed by atoms with Crippen molar-refractivity contribution in [3.8, 4) is 17.1 Å². The molecule has 0 spiro atoms. The standard InChI is InChI=1S/C26H30BrN3O4S/c1-4-34-26-29-23(27)21(14-28-24(31)22(35)13-16(2)3)30(26)15-17-9-11-18(12-10-17)19-7-5-6-8-20(19)25(32)33/h5-12,16,22,35H,4,13-15H2,1-3H3,(H,28,31)(H,32,33)/t22-/m0/s1. The molecule has 0 radical (unpaired) electrons. The molecule has 9 heteroatoms. The molecule has 3 rings (SSSR count). The lowest BCUT2D eigenvalue weighted by molar-refractivity contribution is -0.121. The highest BCUT2D eigenvalue weighted by Gasteiger charge is 2.20. The van der Waals surface area contributed by atoms with E-state index in [1.807, 2.05) is 41.8 Å². The molecular formula is C26H30BrN3O4S. The molecule has 0 aliphatic heterocycles. The summed E-state index contributed by atoms with van der Waals surface area (Å²) in [7, 11) is 0. The first-order chi connectivity index (χ1) is 16.7. The Morgan fingerprint density at radius 3 is 2.49 bits per heavy atom. The highest BCUT2D eigenvalue weighted by Crippen LogP contribution is 2.27. The van der Waals surface area contributed by atoms with E-state index in [2.05, 4.69) is 52.7 Å². The molecule has 0 aliphatic rings. The third-order valence-electron chi connectivity index (χ3n) is 5.45. The number of rotatable bonds is 11. The molecule has 3 aromatic rings. The van der Waals surface area contributed by atoms with E-state index in [0.29, 0.717) is 41.7 Å². The van der Waals surface area contributed by atoms with Gasteiger partial charge in [-0.1, -0.05) is 56.3 Å². The Labute approximate surface area is 219 Å². The summed E-state index contributed by atoms with van der Waals surface area (Å²) in [5.41, 5.74) is 3.51. The van der Waals surface area contributed by atoms with E-state index in [1.54, 1.807) is 18.2 Å². The number of halogens is 1. The maximum absolute atomic E-state index is 12.5. The number of imidazole rings is 1. The molecule has 0 bridgehead atoms. The number of nitrogens with zero attached hydrogens (tertiary/aromatic N) is 2. The molecule has 2 aromatic carbocycles. The zero-order valence-electron chi connectivity index (χ0n) is 20.0. The van der Waals surface area contributed by atoms with E-state index >= 15 is 0 Å². The van der Waals surface area contributed by atoms with Gasteiger partial charge in [-0.05, 0) is 57.9 Å². The maximum atomic E-state index is 12.5. The molecule has 1 amide bonds. The molecule has 2 N–H and O–H groups in total. The minimum atomic E-state index is -0.960. The van der Waals surface area contributed by atoms with Crippen LogP contribution in [0.4, 0.5) is 0 Å². The number of carboxylic acid groups (broad SMARTS) is 1. The summed E-state index contributed by atoms with van der Waals surface area (Å²) in [5.74, 6) is -0.713. The molecule has 0 unspecified atom stereocenters. The third-order valence-corrected chi connectivity index (χ3v) is 6.53. The second kappa shape index (κ2) is 12.3. The van der Waals surface area contributed by atoms with Crippen molar-refractivity contribution in [1.29, 1.82) is 0 Å². The quantitative estimate of drug-likeness (QED) is 0.273. The first-order valence-electron chi connectivity index (χ1n) is 11.5. The van der Waals surface area contributed by atoms with Crippen molar-refractivity contribution in [2.24, 2.45) is 5.92 Å². The monoisotopic (exact) mass is 559 g/mol. The van der Waals surface area contributed by atoms with Crippen molar-refractivity contribution in [1.82, 2.24) is 14.9 Å². The number of benzene rings is 2. The van der Waals surface area contributed by atoms with Gasteiger partial charge in [-0.3, -0.25) is 9.36 Å².